The number of carbonyl (C=O) groups excluding carboxylic acids is 3. The van der Waals surface area contributed by atoms with Crippen LogP contribution in [0.3, 0.4) is 0 Å². The summed E-state index contributed by atoms with van der Waals surface area (Å²) < 4.78 is 9.48. The largest absolute Gasteiger partial charge is 0.465 e. The average Bonchev–Trinajstić information content (AvgIpc) is 2.73. The number of nitrogens with one attached hydrogen (secondary N) is 1. The molecule has 0 saturated heterocycles. The number of anilines is 1. The molecule has 7 nitrogen and oxygen atoms in total. The lowest BCUT2D eigenvalue weighted by molar-refractivity contribution is 0.0601. The van der Waals surface area contributed by atoms with Crippen LogP contribution in [0.15, 0.2) is 0 Å². The van der Waals surface area contributed by atoms with E-state index in [0.29, 0.717) is 10.4 Å². The molecule has 1 heterocycles. The zero-order valence-corrected chi connectivity index (χ0v) is 13.4. The molecule has 1 rings (SSSR count). The Kier molecular flexibility index (Phi) is 5.71. The molecule has 0 spiro atoms. The molecule has 21 heavy (non-hydrogen) atoms. The smallest absolute Gasteiger partial charge is 0.412 e. The van der Waals surface area contributed by atoms with Crippen molar-refractivity contribution in [1.29, 1.82) is 0 Å². The quantitative estimate of drug-likeness (QED) is 0.860. The fourth-order valence-corrected chi connectivity index (χ4v) is 2.82. The Morgan fingerprint density at radius 3 is 2.38 bits per heavy atom. The fraction of sp³-hybridized carbons (Fsp3) is 0.462. The van der Waals surface area contributed by atoms with Gasteiger partial charge in [0.05, 0.1) is 24.2 Å². The van der Waals surface area contributed by atoms with Crippen LogP contribution in [0, 0.1) is 6.92 Å². The first-order chi connectivity index (χ1) is 9.83. The first kappa shape index (κ1) is 17.0. The van der Waals surface area contributed by atoms with Gasteiger partial charge in [-0.3, -0.25) is 10.1 Å². The Hall–Kier alpha value is -2.09. The molecule has 1 aromatic heterocycles. The van der Waals surface area contributed by atoms with Crippen LogP contribution in [-0.4, -0.2) is 50.7 Å². The zero-order valence-electron chi connectivity index (χ0n) is 12.6. The molecule has 1 aromatic rings. The summed E-state index contributed by atoms with van der Waals surface area (Å²) in [6, 6.07) is 0. The predicted molar refractivity (Wildman–Crippen MR) is 79.1 cm³/mol. The summed E-state index contributed by atoms with van der Waals surface area (Å²) in [5.74, 6) is -0.868. The van der Waals surface area contributed by atoms with Gasteiger partial charge < -0.3 is 14.4 Å². The first-order valence-corrected chi connectivity index (χ1v) is 7.02. The minimum absolute atomic E-state index is 0.167. The Morgan fingerprint density at radius 1 is 1.29 bits per heavy atom. The minimum Gasteiger partial charge on any atom is -0.465 e. The molecule has 0 unspecified atom stereocenters. The van der Waals surface area contributed by atoms with Crippen molar-refractivity contribution in [3.8, 4) is 0 Å². The third kappa shape index (κ3) is 3.72. The molecule has 0 radical (unpaired) electrons. The van der Waals surface area contributed by atoms with Crippen LogP contribution >= 0.6 is 11.3 Å². The molecule has 0 aromatic carbocycles. The predicted octanol–water partition coefficient (Wildman–Crippen LogP) is 2.11. The third-order valence-corrected chi connectivity index (χ3v) is 3.82. The second-order valence-corrected chi connectivity index (χ2v) is 5.32. The molecular formula is C13H18N2O5S. The van der Waals surface area contributed by atoms with Crippen molar-refractivity contribution in [1.82, 2.24) is 4.90 Å². The van der Waals surface area contributed by atoms with E-state index in [9.17, 15) is 14.4 Å². The molecule has 0 atom stereocenters. The molecule has 0 fully saturated rings. The van der Waals surface area contributed by atoms with E-state index in [1.807, 2.05) is 0 Å². The Labute approximate surface area is 126 Å². The number of rotatable bonds is 4. The average molecular weight is 314 g/mol. The number of carbonyl (C=O) groups is 3. The summed E-state index contributed by atoms with van der Waals surface area (Å²) in [7, 11) is 4.45. The van der Waals surface area contributed by atoms with Crippen molar-refractivity contribution in [2.24, 2.45) is 0 Å². The van der Waals surface area contributed by atoms with E-state index in [-0.39, 0.29) is 23.1 Å². The summed E-state index contributed by atoms with van der Waals surface area (Å²) >= 11 is 1.02. The van der Waals surface area contributed by atoms with E-state index < -0.39 is 12.1 Å². The van der Waals surface area contributed by atoms with Gasteiger partial charge in [0.1, 0.15) is 5.00 Å². The van der Waals surface area contributed by atoms with E-state index in [0.717, 1.165) is 11.3 Å². The minimum atomic E-state index is -0.687. The standard InChI is InChI=1S/C13H18N2O5S/c1-6-20-13(18)14-10-8(12(17)19-5)7(2)9(21-10)11(16)15(3)4/h6H2,1-5H3,(H,14,18). The summed E-state index contributed by atoms with van der Waals surface area (Å²) in [5.41, 5.74) is 0.637. The zero-order chi connectivity index (χ0) is 16.2. The van der Waals surface area contributed by atoms with Gasteiger partial charge in [-0.1, -0.05) is 0 Å². The number of thiophene rings is 1. The van der Waals surface area contributed by atoms with Crippen molar-refractivity contribution in [3.05, 3.63) is 16.0 Å². The van der Waals surface area contributed by atoms with Crippen molar-refractivity contribution in [3.63, 3.8) is 0 Å². The number of hydrogen-bond acceptors (Lipinski definition) is 6. The molecule has 8 heteroatoms. The first-order valence-electron chi connectivity index (χ1n) is 6.20. The van der Waals surface area contributed by atoms with Gasteiger partial charge in [0.25, 0.3) is 5.91 Å². The van der Waals surface area contributed by atoms with Crippen LogP contribution in [-0.2, 0) is 9.47 Å². The van der Waals surface area contributed by atoms with Gasteiger partial charge in [-0.15, -0.1) is 11.3 Å². The van der Waals surface area contributed by atoms with E-state index in [2.05, 4.69) is 5.32 Å². The van der Waals surface area contributed by atoms with Gasteiger partial charge in [0.2, 0.25) is 0 Å². The lowest BCUT2D eigenvalue weighted by Crippen LogP contribution is -2.21. The van der Waals surface area contributed by atoms with E-state index in [1.165, 1.54) is 12.0 Å². The lowest BCUT2D eigenvalue weighted by atomic mass is 10.1. The molecule has 116 valence electrons. The second kappa shape index (κ2) is 7.07. The monoisotopic (exact) mass is 314 g/mol. The van der Waals surface area contributed by atoms with Crippen LogP contribution in [0.4, 0.5) is 9.80 Å². The Bertz CT molecular complexity index is 565. The van der Waals surface area contributed by atoms with E-state index >= 15 is 0 Å². The number of ether oxygens (including phenoxy) is 2. The van der Waals surface area contributed by atoms with E-state index in [1.54, 1.807) is 27.9 Å². The summed E-state index contributed by atoms with van der Waals surface area (Å²) in [4.78, 5) is 37.3. The van der Waals surface area contributed by atoms with Crippen molar-refractivity contribution in [2.45, 2.75) is 13.8 Å². The van der Waals surface area contributed by atoms with Crippen LogP contribution in [0.5, 0.6) is 0 Å². The summed E-state index contributed by atoms with van der Waals surface area (Å²) in [6.07, 6.45) is -0.687. The van der Waals surface area contributed by atoms with Crippen LogP contribution in [0.1, 0.15) is 32.5 Å². The van der Waals surface area contributed by atoms with Crippen LogP contribution in [0.2, 0.25) is 0 Å². The molecule has 1 N–H and O–H groups in total. The van der Waals surface area contributed by atoms with Crippen molar-refractivity contribution >= 4 is 34.3 Å². The topological polar surface area (TPSA) is 84.9 Å². The molecule has 0 aliphatic heterocycles. The van der Waals surface area contributed by atoms with Crippen molar-refractivity contribution < 1.29 is 23.9 Å². The Morgan fingerprint density at radius 2 is 1.90 bits per heavy atom. The third-order valence-electron chi connectivity index (χ3n) is 2.63. The summed E-state index contributed by atoms with van der Waals surface area (Å²) in [6.45, 7) is 3.50. The normalized spacial score (nSPS) is 9.95. The highest BCUT2D eigenvalue weighted by Gasteiger charge is 2.27. The number of amides is 2. The maximum Gasteiger partial charge on any atom is 0.412 e. The fourth-order valence-electron chi connectivity index (χ4n) is 1.62. The second-order valence-electron chi connectivity index (χ2n) is 4.30. The van der Waals surface area contributed by atoms with Gasteiger partial charge in [0.15, 0.2) is 0 Å². The highest BCUT2D eigenvalue weighted by molar-refractivity contribution is 7.18. The van der Waals surface area contributed by atoms with Gasteiger partial charge in [-0.05, 0) is 19.4 Å². The molecule has 0 saturated carbocycles. The molecular weight excluding hydrogens is 296 g/mol. The molecule has 0 bridgehead atoms. The summed E-state index contributed by atoms with van der Waals surface area (Å²) in [5, 5.41) is 2.71. The maximum absolute atomic E-state index is 12.1. The van der Waals surface area contributed by atoms with Gasteiger partial charge in [-0.2, -0.15) is 0 Å². The maximum atomic E-state index is 12.1. The molecule has 0 aliphatic rings. The number of hydrogen-bond donors (Lipinski definition) is 1. The molecule has 0 aliphatic carbocycles. The lowest BCUT2D eigenvalue weighted by Gasteiger charge is -2.08. The van der Waals surface area contributed by atoms with Gasteiger partial charge >= 0.3 is 12.1 Å². The number of esters is 1. The van der Waals surface area contributed by atoms with Crippen LogP contribution in [0.25, 0.3) is 0 Å². The SMILES string of the molecule is CCOC(=O)Nc1sc(C(=O)N(C)C)c(C)c1C(=O)OC. The Balaban J connectivity index is 3.28. The number of methoxy groups -OCH3 is 1. The molecule has 2 amide bonds. The van der Waals surface area contributed by atoms with Crippen LogP contribution < -0.4 is 5.32 Å². The van der Waals surface area contributed by atoms with Crippen molar-refractivity contribution in [2.75, 3.05) is 33.1 Å². The van der Waals surface area contributed by atoms with Gasteiger partial charge in [-0.25, -0.2) is 9.59 Å². The highest BCUT2D eigenvalue weighted by Crippen LogP contribution is 2.34. The number of nitrogens with zero attached hydrogens (tertiary/aromatic N) is 1. The van der Waals surface area contributed by atoms with Gasteiger partial charge in [0, 0.05) is 14.1 Å². The van der Waals surface area contributed by atoms with E-state index in [4.69, 9.17) is 9.47 Å². The highest BCUT2D eigenvalue weighted by atomic mass is 32.1.